The van der Waals surface area contributed by atoms with Gasteiger partial charge in [0.1, 0.15) is 0 Å². The van der Waals surface area contributed by atoms with Gasteiger partial charge in [0.15, 0.2) is 5.82 Å². The van der Waals surface area contributed by atoms with Crippen LogP contribution in [-0.4, -0.2) is 21.2 Å². The van der Waals surface area contributed by atoms with E-state index in [2.05, 4.69) is 28.7 Å². The second-order valence-electron chi connectivity index (χ2n) is 4.22. The summed E-state index contributed by atoms with van der Waals surface area (Å²) in [5.74, 6) is 1.11. The number of thioether (sulfide) groups is 1. The molecule has 2 aromatic rings. The molecular weight excluding hydrogens is 232 g/mol. The van der Waals surface area contributed by atoms with Crippen molar-refractivity contribution in [3.63, 3.8) is 0 Å². The Bertz CT molecular complexity index is 545. The molecule has 1 aliphatic rings. The minimum Gasteiger partial charge on any atom is -0.381 e. The van der Waals surface area contributed by atoms with Crippen LogP contribution < -0.4 is 5.73 Å². The summed E-state index contributed by atoms with van der Waals surface area (Å²) < 4.78 is 1.90. The molecule has 3 rings (SSSR count). The van der Waals surface area contributed by atoms with E-state index in [0.717, 1.165) is 11.4 Å². The highest BCUT2D eigenvalue weighted by Crippen LogP contribution is 2.43. The first kappa shape index (κ1) is 10.7. The van der Waals surface area contributed by atoms with Gasteiger partial charge in [-0.15, -0.1) is 16.9 Å². The van der Waals surface area contributed by atoms with Crippen molar-refractivity contribution < 1.29 is 0 Å². The van der Waals surface area contributed by atoms with Crippen molar-refractivity contribution in [2.45, 2.75) is 23.7 Å². The van der Waals surface area contributed by atoms with Crippen LogP contribution in [0, 0.1) is 0 Å². The molecule has 1 fully saturated rings. The van der Waals surface area contributed by atoms with Gasteiger partial charge >= 0.3 is 0 Å². The lowest BCUT2D eigenvalue weighted by Gasteiger charge is -2.09. The van der Waals surface area contributed by atoms with Crippen LogP contribution in [0.4, 0.5) is 5.82 Å². The molecule has 0 radical (unpaired) electrons. The maximum absolute atomic E-state index is 5.91. The van der Waals surface area contributed by atoms with E-state index < -0.39 is 0 Å². The van der Waals surface area contributed by atoms with Crippen LogP contribution in [0.1, 0.15) is 24.5 Å². The minimum absolute atomic E-state index is 0.542. The largest absolute Gasteiger partial charge is 0.381 e. The molecule has 4 nitrogen and oxygen atoms in total. The van der Waals surface area contributed by atoms with E-state index in [1.807, 2.05) is 16.8 Å². The maximum atomic E-state index is 5.91. The molecule has 88 valence electrons. The fourth-order valence-corrected chi connectivity index (χ4v) is 2.60. The SMILES string of the molecule is CSc1ccccc1-n1nnc(N)c1C1CC1. The Hall–Kier alpha value is -1.49. The molecule has 0 saturated heterocycles. The summed E-state index contributed by atoms with van der Waals surface area (Å²) in [5.41, 5.74) is 8.06. The number of anilines is 1. The topological polar surface area (TPSA) is 56.7 Å². The van der Waals surface area contributed by atoms with Gasteiger partial charge in [-0.1, -0.05) is 17.3 Å². The second-order valence-corrected chi connectivity index (χ2v) is 5.07. The van der Waals surface area contributed by atoms with Crippen molar-refractivity contribution in [3.8, 4) is 5.69 Å². The van der Waals surface area contributed by atoms with Crippen LogP contribution in [0.15, 0.2) is 29.2 Å². The Morgan fingerprint density at radius 2 is 2.12 bits per heavy atom. The van der Waals surface area contributed by atoms with Gasteiger partial charge < -0.3 is 5.73 Å². The summed E-state index contributed by atoms with van der Waals surface area (Å²) in [7, 11) is 0. The normalized spacial score (nSPS) is 15.1. The summed E-state index contributed by atoms with van der Waals surface area (Å²) in [6.45, 7) is 0. The quantitative estimate of drug-likeness (QED) is 0.845. The molecule has 0 spiro atoms. The summed E-state index contributed by atoms with van der Waals surface area (Å²) in [4.78, 5) is 1.19. The Morgan fingerprint density at radius 1 is 1.35 bits per heavy atom. The Balaban J connectivity index is 2.14. The molecule has 1 aromatic carbocycles. The van der Waals surface area contributed by atoms with E-state index in [9.17, 15) is 0 Å². The zero-order valence-corrected chi connectivity index (χ0v) is 10.4. The third-order valence-corrected chi connectivity index (χ3v) is 3.79. The number of hydrogen-bond donors (Lipinski definition) is 1. The van der Waals surface area contributed by atoms with E-state index >= 15 is 0 Å². The van der Waals surface area contributed by atoms with Gasteiger partial charge in [-0.2, -0.15) is 0 Å². The van der Waals surface area contributed by atoms with Crippen LogP contribution >= 0.6 is 11.8 Å². The minimum atomic E-state index is 0.542. The van der Waals surface area contributed by atoms with E-state index in [0.29, 0.717) is 11.7 Å². The van der Waals surface area contributed by atoms with E-state index in [1.54, 1.807) is 11.8 Å². The van der Waals surface area contributed by atoms with Gasteiger partial charge in [-0.05, 0) is 31.2 Å². The highest BCUT2D eigenvalue weighted by Gasteiger charge is 2.31. The van der Waals surface area contributed by atoms with E-state index in [1.165, 1.54) is 17.7 Å². The van der Waals surface area contributed by atoms with Crippen molar-refractivity contribution >= 4 is 17.6 Å². The Kier molecular flexibility index (Phi) is 2.55. The van der Waals surface area contributed by atoms with Crippen molar-refractivity contribution in [1.29, 1.82) is 0 Å². The standard InChI is InChI=1S/C12H14N4S/c1-17-10-5-3-2-4-9(10)16-11(8-6-7-8)12(13)14-15-16/h2-5,8H,6-7,13H2,1H3. The molecule has 0 atom stereocenters. The first-order valence-corrected chi connectivity index (χ1v) is 6.88. The predicted octanol–water partition coefficient (Wildman–Crippen LogP) is 2.45. The first-order chi connectivity index (χ1) is 8.31. The van der Waals surface area contributed by atoms with Crippen LogP contribution in [0.3, 0.4) is 0 Å². The number of para-hydroxylation sites is 1. The molecule has 2 N–H and O–H groups in total. The van der Waals surface area contributed by atoms with Gasteiger partial charge in [-0.25, -0.2) is 4.68 Å². The maximum Gasteiger partial charge on any atom is 0.169 e. The average molecular weight is 246 g/mol. The van der Waals surface area contributed by atoms with Gasteiger partial charge in [0.2, 0.25) is 0 Å². The smallest absolute Gasteiger partial charge is 0.169 e. The Labute approximate surface area is 104 Å². The fourth-order valence-electron chi connectivity index (χ4n) is 2.02. The predicted molar refractivity (Wildman–Crippen MR) is 69.5 cm³/mol. The number of hydrogen-bond acceptors (Lipinski definition) is 4. The molecule has 0 amide bonds. The average Bonchev–Trinajstić information content (AvgIpc) is 3.12. The molecular formula is C12H14N4S. The molecule has 0 bridgehead atoms. The molecule has 1 aliphatic carbocycles. The molecule has 1 aromatic heterocycles. The lowest BCUT2D eigenvalue weighted by atomic mass is 10.2. The van der Waals surface area contributed by atoms with Gasteiger partial charge in [0.25, 0.3) is 0 Å². The number of aromatic nitrogens is 3. The summed E-state index contributed by atoms with van der Waals surface area (Å²) >= 11 is 1.71. The highest BCUT2D eigenvalue weighted by molar-refractivity contribution is 7.98. The monoisotopic (exact) mass is 246 g/mol. The van der Waals surface area contributed by atoms with Crippen molar-refractivity contribution in [2.75, 3.05) is 12.0 Å². The second kappa shape index (κ2) is 4.07. The highest BCUT2D eigenvalue weighted by atomic mass is 32.2. The molecule has 1 heterocycles. The van der Waals surface area contributed by atoms with Crippen LogP contribution in [0.2, 0.25) is 0 Å². The van der Waals surface area contributed by atoms with Gasteiger partial charge in [0.05, 0.1) is 11.4 Å². The first-order valence-electron chi connectivity index (χ1n) is 5.65. The van der Waals surface area contributed by atoms with Crippen molar-refractivity contribution in [3.05, 3.63) is 30.0 Å². The molecule has 17 heavy (non-hydrogen) atoms. The summed E-state index contributed by atoms with van der Waals surface area (Å²) in [6.07, 6.45) is 4.45. The van der Waals surface area contributed by atoms with E-state index in [-0.39, 0.29) is 0 Å². The number of nitrogens with zero attached hydrogens (tertiary/aromatic N) is 3. The number of benzene rings is 1. The zero-order chi connectivity index (χ0) is 11.8. The fraction of sp³-hybridized carbons (Fsp3) is 0.333. The lowest BCUT2D eigenvalue weighted by molar-refractivity contribution is 0.753. The van der Waals surface area contributed by atoms with Gasteiger partial charge in [-0.3, -0.25) is 0 Å². The van der Waals surface area contributed by atoms with Crippen molar-refractivity contribution in [1.82, 2.24) is 15.0 Å². The molecule has 0 aliphatic heterocycles. The number of nitrogen functional groups attached to an aromatic ring is 1. The molecule has 1 saturated carbocycles. The number of rotatable bonds is 3. The third kappa shape index (κ3) is 1.80. The van der Waals surface area contributed by atoms with Crippen LogP contribution in [-0.2, 0) is 0 Å². The van der Waals surface area contributed by atoms with E-state index in [4.69, 9.17) is 5.73 Å². The summed E-state index contributed by atoms with van der Waals surface area (Å²) in [6, 6.07) is 8.20. The molecule has 0 unspecified atom stereocenters. The Morgan fingerprint density at radius 3 is 2.82 bits per heavy atom. The zero-order valence-electron chi connectivity index (χ0n) is 9.63. The van der Waals surface area contributed by atoms with Crippen LogP contribution in [0.5, 0.6) is 0 Å². The summed E-state index contributed by atoms with van der Waals surface area (Å²) in [5, 5.41) is 8.20. The lowest BCUT2D eigenvalue weighted by Crippen LogP contribution is -2.03. The number of nitrogens with two attached hydrogens (primary N) is 1. The molecule has 5 heteroatoms. The van der Waals surface area contributed by atoms with Crippen LogP contribution in [0.25, 0.3) is 5.69 Å². The van der Waals surface area contributed by atoms with Crippen molar-refractivity contribution in [2.24, 2.45) is 0 Å². The van der Waals surface area contributed by atoms with Gasteiger partial charge in [0, 0.05) is 10.8 Å². The third-order valence-electron chi connectivity index (χ3n) is 3.01.